The molecule has 3 aromatic carbocycles. The second kappa shape index (κ2) is 17.7. The molecule has 7 nitrogen and oxygen atoms in total. The molecule has 0 bridgehead atoms. The van der Waals surface area contributed by atoms with Crippen molar-refractivity contribution in [3.05, 3.63) is 95.4 Å². The van der Waals surface area contributed by atoms with Gasteiger partial charge in [-0.2, -0.15) is 12.8 Å². The first-order valence-corrected chi connectivity index (χ1v) is 16.1. The molecule has 1 saturated carbocycles. The van der Waals surface area contributed by atoms with Crippen molar-refractivity contribution in [2.75, 3.05) is 5.32 Å². The number of benzene rings is 3. The molecule has 1 aliphatic carbocycles. The number of para-hydroxylation sites is 2. The largest absolute Gasteiger partial charge is 1.00 e. The third-order valence-electron chi connectivity index (χ3n) is 8.53. The molecule has 8 heteroatoms. The summed E-state index contributed by atoms with van der Waals surface area (Å²) < 4.78 is 6.13. The van der Waals surface area contributed by atoms with Crippen molar-refractivity contribution in [1.29, 1.82) is 0 Å². The number of ether oxygens (including phenoxy) is 1. The smallest absolute Gasteiger partial charge is 0.481 e. The number of fused-ring (bicyclic) bond motifs is 2. The number of carboxylic acid groups (broad SMARTS) is 2. The van der Waals surface area contributed by atoms with Gasteiger partial charge >= 0.3 is 41.5 Å². The van der Waals surface area contributed by atoms with E-state index >= 15 is 0 Å². The topological polar surface area (TPSA) is 113 Å². The van der Waals surface area contributed by atoms with E-state index in [9.17, 15) is 14.4 Å². The van der Waals surface area contributed by atoms with Crippen LogP contribution < -0.4 is 39.6 Å². The van der Waals surface area contributed by atoms with Gasteiger partial charge in [0.2, 0.25) is 5.91 Å². The predicted octanol–water partition coefficient (Wildman–Crippen LogP) is 5.91. The number of carboxylic acids is 2. The van der Waals surface area contributed by atoms with Gasteiger partial charge in [-0.1, -0.05) is 107 Å². The third kappa shape index (κ3) is 11.0. The number of hydrogen-bond donors (Lipinski definition) is 3. The zero-order chi connectivity index (χ0) is 32.4. The van der Waals surface area contributed by atoms with Gasteiger partial charge in [0.1, 0.15) is 11.5 Å². The molecule has 0 unspecified atom stereocenters. The third-order valence-corrected chi connectivity index (χ3v) is 8.53. The van der Waals surface area contributed by atoms with E-state index < -0.39 is 11.9 Å². The van der Waals surface area contributed by atoms with Crippen molar-refractivity contribution in [2.45, 2.75) is 96.3 Å². The fourth-order valence-electron chi connectivity index (χ4n) is 6.20. The summed E-state index contributed by atoms with van der Waals surface area (Å²) in [5.41, 5.74) is 5.48. The first-order chi connectivity index (χ1) is 21.5. The van der Waals surface area contributed by atoms with Crippen LogP contribution in [0.1, 0.15) is 107 Å². The van der Waals surface area contributed by atoms with Gasteiger partial charge in [0.25, 0.3) is 0 Å². The van der Waals surface area contributed by atoms with Gasteiger partial charge in [-0.3, -0.25) is 14.4 Å². The number of hydrogen-bond acceptors (Lipinski definition) is 4. The fraction of sp³-hybridized carbons (Fsp3) is 0.421. The molecule has 0 aromatic heterocycles. The van der Waals surface area contributed by atoms with Gasteiger partial charge < -0.3 is 26.7 Å². The average molecular weight is 636 g/mol. The summed E-state index contributed by atoms with van der Waals surface area (Å²) in [7, 11) is 0. The molecule has 0 radical (unpaired) electrons. The minimum atomic E-state index is -1.08. The van der Waals surface area contributed by atoms with Gasteiger partial charge in [0.15, 0.2) is 0 Å². The number of aliphatic carboxylic acids is 2. The maximum absolute atomic E-state index is 13.5. The monoisotopic (exact) mass is 635 g/mol. The number of amides is 1. The van der Waals surface area contributed by atoms with Crippen molar-refractivity contribution in [3.8, 4) is 11.5 Å². The molecule has 5 rings (SSSR count). The number of aryl methyl sites for hydroxylation is 1. The summed E-state index contributed by atoms with van der Waals surface area (Å²) in [6.07, 6.45) is 11.2. The van der Waals surface area contributed by atoms with Crippen molar-refractivity contribution < 1.29 is 58.9 Å². The van der Waals surface area contributed by atoms with Crippen molar-refractivity contribution in [3.63, 3.8) is 0 Å². The molecule has 240 valence electrons. The van der Waals surface area contributed by atoms with E-state index in [1.165, 1.54) is 43.2 Å². The molecule has 0 atom stereocenters. The standard InChI is InChI=1S/C34H40NO2.C4H6O4.Na/c1-34(2,3)29-21-20-25(15-7-6-14-24-12-4-5-13-24)22-30(29)35-33(36)23-28-26-16-8-10-18-31(26)37-32-19-11-9-17-27(28)32;5-3(6)1-2-4(7)8;/h6,8-11,16-22,24,28H,4-5,7,12-15,23H2,1-3H3,(H,35,36);1-2H2,(H,5,6)(H,7,8);/q-1;;+1. The molecule has 2 aliphatic rings. The van der Waals surface area contributed by atoms with Crippen LogP contribution in [0.15, 0.2) is 66.7 Å². The maximum Gasteiger partial charge on any atom is 1.00 e. The maximum atomic E-state index is 13.5. The first-order valence-electron chi connectivity index (χ1n) is 16.1. The van der Waals surface area contributed by atoms with E-state index in [0.29, 0.717) is 6.42 Å². The number of nitrogens with one attached hydrogen (secondary N) is 1. The fourth-order valence-corrected chi connectivity index (χ4v) is 6.20. The van der Waals surface area contributed by atoms with Gasteiger partial charge in [-0.15, -0.1) is 0 Å². The molecular formula is C38H46NNaO6. The Kier molecular flexibility index (Phi) is 14.4. The molecule has 3 aromatic rings. The van der Waals surface area contributed by atoms with Crippen molar-refractivity contribution in [2.24, 2.45) is 5.92 Å². The number of carbonyl (C=O) groups excluding carboxylic acids is 1. The number of anilines is 1. The van der Waals surface area contributed by atoms with E-state index in [1.54, 1.807) is 0 Å². The van der Waals surface area contributed by atoms with Gasteiger partial charge in [-0.05, 0) is 34.7 Å². The van der Waals surface area contributed by atoms with Crippen molar-refractivity contribution >= 4 is 23.5 Å². The Labute approximate surface area is 295 Å². The van der Waals surface area contributed by atoms with Crippen LogP contribution in [0, 0.1) is 12.3 Å². The number of rotatable bonds is 11. The van der Waals surface area contributed by atoms with E-state index in [4.69, 9.17) is 14.9 Å². The average Bonchev–Trinajstić information content (AvgIpc) is 3.52. The summed E-state index contributed by atoms with van der Waals surface area (Å²) in [6, 6.07) is 22.8. The van der Waals surface area contributed by atoms with Crippen molar-refractivity contribution in [1.82, 2.24) is 0 Å². The second-order valence-corrected chi connectivity index (χ2v) is 13.1. The molecule has 1 aliphatic heterocycles. The molecule has 1 heterocycles. The molecule has 3 N–H and O–H groups in total. The Hall–Kier alpha value is -3.13. The normalized spacial score (nSPS) is 14.1. The molecule has 0 spiro atoms. The van der Waals surface area contributed by atoms with E-state index in [0.717, 1.165) is 47.1 Å². The Bertz CT molecular complexity index is 1410. The quantitative estimate of drug-likeness (QED) is 0.137. The van der Waals surface area contributed by atoms with Gasteiger partial charge in [0.05, 0.1) is 12.8 Å². The molecule has 1 fully saturated rings. The Morgan fingerprint density at radius 1 is 0.870 bits per heavy atom. The van der Waals surface area contributed by atoms with E-state index in [2.05, 4.69) is 62.8 Å². The Balaban J connectivity index is 0.000000569. The van der Waals surface area contributed by atoms with Crippen LogP contribution in [0.4, 0.5) is 5.69 Å². The van der Waals surface area contributed by atoms with Crippen LogP contribution in [-0.2, 0) is 26.2 Å². The van der Waals surface area contributed by atoms with Crippen LogP contribution in [0.2, 0.25) is 0 Å². The first kappa shape index (κ1) is 37.3. The number of carbonyl (C=O) groups is 3. The summed E-state index contributed by atoms with van der Waals surface area (Å²) in [5.74, 6) is 0.424. The summed E-state index contributed by atoms with van der Waals surface area (Å²) in [4.78, 5) is 32.8. The zero-order valence-corrected chi connectivity index (χ0v) is 29.7. The van der Waals surface area contributed by atoms with E-state index in [1.807, 2.05) is 36.4 Å². The molecule has 0 saturated heterocycles. The summed E-state index contributed by atoms with van der Waals surface area (Å²) in [6.45, 7) is 6.62. The molecular weight excluding hydrogens is 589 g/mol. The zero-order valence-electron chi connectivity index (χ0n) is 27.7. The number of unbranched alkanes of at least 4 members (excludes halogenated alkanes) is 1. The van der Waals surface area contributed by atoms with Crippen LogP contribution in [-0.4, -0.2) is 28.1 Å². The van der Waals surface area contributed by atoms with E-state index in [-0.39, 0.29) is 59.6 Å². The Morgan fingerprint density at radius 2 is 1.43 bits per heavy atom. The van der Waals surface area contributed by atoms with Gasteiger partial charge in [-0.25, -0.2) is 0 Å². The van der Waals surface area contributed by atoms with Gasteiger partial charge in [0, 0.05) is 29.2 Å². The summed E-state index contributed by atoms with van der Waals surface area (Å²) in [5, 5.41) is 19.1. The Morgan fingerprint density at radius 3 is 1.98 bits per heavy atom. The molecule has 1 amide bonds. The van der Waals surface area contributed by atoms with Crippen LogP contribution in [0.25, 0.3) is 0 Å². The minimum absolute atomic E-state index is 0. The molecule has 46 heavy (non-hydrogen) atoms. The van der Waals surface area contributed by atoms with Crippen LogP contribution in [0.3, 0.4) is 0 Å². The van der Waals surface area contributed by atoms with Crippen LogP contribution >= 0.6 is 0 Å². The van der Waals surface area contributed by atoms with Crippen LogP contribution in [0.5, 0.6) is 11.5 Å². The second-order valence-electron chi connectivity index (χ2n) is 13.1. The SMILES string of the molecule is CC(C)(C)c1ccc(CC[CH-]CC2CCCC2)cc1NC(=O)CC1c2ccccc2Oc2ccccc21.O=C(O)CCC(=O)O.[Na+]. The summed E-state index contributed by atoms with van der Waals surface area (Å²) >= 11 is 0. The minimum Gasteiger partial charge on any atom is -0.481 e. The predicted molar refractivity (Wildman–Crippen MR) is 177 cm³/mol.